The maximum Gasteiger partial charge on any atom is 0.225 e. The first-order valence-corrected chi connectivity index (χ1v) is 10.7. The van der Waals surface area contributed by atoms with Crippen molar-refractivity contribution in [1.29, 1.82) is 0 Å². The second-order valence-electron chi connectivity index (χ2n) is 7.72. The van der Waals surface area contributed by atoms with Gasteiger partial charge in [0.2, 0.25) is 5.91 Å². The Labute approximate surface area is 186 Å². The number of piperidine rings is 1. The summed E-state index contributed by atoms with van der Waals surface area (Å²) in [6.45, 7) is 1.05. The molecule has 32 heavy (non-hydrogen) atoms. The van der Waals surface area contributed by atoms with Crippen molar-refractivity contribution in [2.45, 2.75) is 31.7 Å². The van der Waals surface area contributed by atoms with Crippen LogP contribution in [-0.2, 0) is 9.53 Å². The summed E-state index contributed by atoms with van der Waals surface area (Å²) in [5.74, 6) is 0.801. The third-order valence-electron chi connectivity index (χ3n) is 5.44. The third kappa shape index (κ3) is 5.26. The molecule has 1 amide bonds. The number of halogens is 1. The number of rotatable bonds is 7. The summed E-state index contributed by atoms with van der Waals surface area (Å²) in [7, 11) is 1.59. The summed E-state index contributed by atoms with van der Waals surface area (Å²) >= 11 is 0. The topological polar surface area (TPSA) is 80.2 Å². The number of hydrogen-bond acceptors (Lipinski definition) is 6. The highest BCUT2D eigenvalue weighted by molar-refractivity contribution is 5.77. The number of pyridine rings is 1. The van der Waals surface area contributed by atoms with Crippen molar-refractivity contribution in [3.05, 3.63) is 66.5 Å². The van der Waals surface area contributed by atoms with Gasteiger partial charge in [0.25, 0.3) is 0 Å². The number of benzene rings is 1. The number of amides is 1. The molecule has 1 fully saturated rings. The lowest BCUT2D eigenvalue weighted by atomic mass is 10.0. The Bertz CT molecular complexity index is 1060. The summed E-state index contributed by atoms with van der Waals surface area (Å²) in [4.78, 5) is 28.4. The number of aromatic nitrogens is 3. The molecule has 2 aromatic heterocycles. The van der Waals surface area contributed by atoms with Gasteiger partial charge in [0.15, 0.2) is 5.82 Å². The highest BCUT2D eigenvalue weighted by Crippen LogP contribution is 2.32. The van der Waals surface area contributed by atoms with Crippen LogP contribution >= 0.6 is 0 Å². The SMILES string of the molecule is COCCC(=O)N1CCCC[C@H]1c1nc(Nc2cccc(F)c2)cc(-c2cccnc2)n1. The standard InChI is InChI=1S/C24H26FN5O2/c1-32-13-10-23(31)30-12-3-2-9-21(30)24-28-20(17-6-5-11-26-16-17)15-22(29-24)27-19-8-4-7-18(25)14-19/h4-8,11,14-16,21H,2-3,9-10,12-13H2,1H3,(H,27,28,29)/t21-/m0/s1. The van der Waals surface area contributed by atoms with Gasteiger partial charge in [0.05, 0.1) is 24.8 Å². The Hall–Kier alpha value is -3.39. The van der Waals surface area contributed by atoms with Crippen molar-refractivity contribution in [3.63, 3.8) is 0 Å². The molecule has 1 atom stereocenters. The molecule has 0 spiro atoms. The summed E-state index contributed by atoms with van der Waals surface area (Å²) in [5.41, 5.74) is 2.12. The first-order chi connectivity index (χ1) is 15.6. The number of anilines is 2. The van der Waals surface area contributed by atoms with E-state index in [-0.39, 0.29) is 17.8 Å². The van der Waals surface area contributed by atoms with Gasteiger partial charge in [0.1, 0.15) is 11.6 Å². The van der Waals surface area contributed by atoms with Crippen LogP contribution in [0.2, 0.25) is 0 Å². The van der Waals surface area contributed by atoms with E-state index in [9.17, 15) is 9.18 Å². The van der Waals surface area contributed by atoms with Crippen LogP contribution in [0.3, 0.4) is 0 Å². The molecule has 0 saturated carbocycles. The highest BCUT2D eigenvalue weighted by Gasteiger charge is 2.30. The summed E-state index contributed by atoms with van der Waals surface area (Å²) in [5, 5.41) is 3.18. The molecule has 0 bridgehead atoms. The second-order valence-corrected chi connectivity index (χ2v) is 7.72. The zero-order valence-corrected chi connectivity index (χ0v) is 18.0. The lowest BCUT2D eigenvalue weighted by molar-refractivity contribution is -0.136. The van der Waals surface area contributed by atoms with Crippen molar-refractivity contribution in [3.8, 4) is 11.3 Å². The van der Waals surface area contributed by atoms with Gasteiger partial charge < -0.3 is 15.0 Å². The Morgan fingerprint density at radius 1 is 1.22 bits per heavy atom. The van der Waals surface area contributed by atoms with Crippen LogP contribution in [0.25, 0.3) is 11.3 Å². The van der Waals surface area contributed by atoms with E-state index in [0.29, 0.717) is 42.6 Å². The van der Waals surface area contributed by atoms with Gasteiger partial charge in [-0.15, -0.1) is 0 Å². The zero-order valence-electron chi connectivity index (χ0n) is 18.0. The molecule has 1 saturated heterocycles. The van der Waals surface area contributed by atoms with Gasteiger partial charge in [-0.3, -0.25) is 9.78 Å². The molecule has 8 heteroatoms. The van der Waals surface area contributed by atoms with Crippen LogP contribution in [0.15, 0.2) is 54.9 Å². The van der Waals surface area contributed by atoms with Crippen LogP contribution in [0, 0.1) is 5.82 Å². The van der Waals surface area contributed by atoms with Crippen LogP contribution in [0.4, 0.5) is 15.9 Å². The maximum atomic E-state index is 13.7. The van der Waals surface area contributed by atoms with Gasteiger partial charge in [-0.2, -0.15) is 0 Å². The van der Waals surface area contributed by atoms with Crippen molar-refractivity contribution in [2.24, 2.45) is 0 Å². The maximum absolute atomic E-state index is 13.7. The monoisotopic (exact) mass is 435 g/mol. The number of nitrogens with zero attached hydrogens (tertiary/aromatic N) is 4. The van der Waals surface area contributed by atoms with Crippen molar-refractivity contribution >= 4 is 17.4 Å². The van der Waals surface area contributed by atoms with E-state index in [1.54, 1.807) is 31.6 Å². The average Bonchev–Trinajstić information content (AvgIpc) is 2.83. The minimum atomic E-state index is -0.334. The summed E-state index contributed by atoms with van der Waals surface area (Å²) in [6.07, 6.45) is 6.49. The van der Waals surface area contributed by atoms with Gasteiger partial charge in [-0.05, 0) is 49.6 Å². The fraction of sp³-hybridized carbons (Fsp3) is 0.333. The van der Waals surface area contributed by atoms with Crippen LogP contribution < -0.4 is 5.32 Å². The lowest BCUT2D eigenvalue weighted by Crippen LogP contribution is -2.39. The van der Waals surface area contributed by atoms with Crippen LogP contribution in [0.5, 0.6) is 0 Å². The Balaban J connectivity index is 1.71. The van der Waals surface area contributed by atoms with E-state index >= 15 is 0 Å². The number of hydrogen-bond donors (Lipinski definition) is 1. The molecular formula is C24H26FN5O2. The number of nitrogens with one attached hydrogen (secondary N) is 1. The molecule has 1 aliphatic heterocycles. The molecule has 0 radical (unpaired) electrons. The minimum Gasteiger partial charge on any atom is -0.384 e. The number of ether oxygens (including phenoxy) is 1. The van der Waals surface area contributed by atoms with E-state index in [4.69, 9.17) is 14.7 Å². The van der Waals surface area contributed by atoms with E-state index in [1.807, 2.05) is 23.1 Å². The van der Waals surface area contributed by atoms with Crippen molar-refractivity contribution in [2.75, 3.05) is 25.6 Å². The minimum absolute atomic E-state index is 0.0339. The molecule has 3 heterocycles. The van der Waals surface area contributed by atoms with Crippen molar-refractivity contribution in [1.82, 2.24) is 19.9 Å². The number of methoxy groups -OCH3 is 1. The number of likely N-dealkylation sites (tertiary alicyclic amines) is 1. The zero-order chi connectivity index (χ0) is 22.3. The Morgan fingerprint density at radius 3 is 2.91 bits per heavy atom. The Morgan fingerprint density at radius 2 is 2.12 bits per heavy atom. The predicted molar refractivity (Wildman–Crippen MR) is 120 cm³/mol. The number of carbonyl (C=O) groups excluding carboxylic acids is 1. The fourth-order valence-corrected chi connectivity index (χ4v) is 3.89. The highest BCUT2D eigenvalue weighted by atomic mass is 19.1. The van der Waals surface area contributed by atoms with E-state index in [0.717, 1.165) is 24.8 Å². The molecule has 1 aliphatic rings. The van der Waals surface area contributed by atoms with Crippen LogP contribution in [0.1, 0.15) is 37.5 Å². The fourth-order valence-electron chi connectivity index (χ4n) is 3.89. The molecule has 0 unspecified atom stereocenters. The molecule has 3 aromatic rings. The first-order valence-electron chi connectivity index (χ1n) is 10.7. The summed E-state index contributed by atoms with van der Waals surface area (Å²) in [6, 6.07) is 11.6. The number of carbonyl (C=O) groups is 1. The third-order valence-corrected chi connectivity index (χ3v) is 5.44. The molecule has 1 aromatic carbocycles. The molecule has 0 aliphatic carbocycles. The molecule has 7 nitrogen and oxygen atoms in total. The van der Waals surface area contributed by atoms with Gasteiger partial charge in [-0.1, -0.05) is 6.07 Å². The first kappa shape index (κ1) is 21.8. The van der Waals surface area contributed by atoms with E-state index in [2.05, 4.69) is 10.3 Å². The van der Waals surface area contributed by atoms with E-state index < -0.39 is 0 Å². The lowest BCUT2D eigenvalue weighted by Gasteiger charge is -2.35. The second kappa shape index (κ2) is 10.3. The quantitative estimate of drug-likeness (QED) is 0.588. The van der Waals surface area contributed by atoms with E-state index in [1.165, 1.54) is 12.1 Å². The predicted octanol–water partition coefficient (Wildman–Crippen LogP) is 4.51. The largest absolute Gasteiger partial charge is 0.384 e. The van der Waals surface area contributed by atoms with Gasteiger partial charge in [-0.25, -0.2) is 14.4 Å². The molecular weight excluding hydrogens is 409 g/mol. The summed E-state index contributed by atoms with van der Waals surface area (Å²) < 4.78 is 18.8. The molecule has 4 rings (SSSR count). The molecule has 166 valence electrons. The smallest absolute Gasteiger partial charge is 0.225 e. The van der Waals surface area contributed by atoms with Gasteiger partial charge in [0, 0.05) is 43.4 Å². The van der Waals surface area contributed by atoms with Crippen molar-refractivity contribution < 1.29 is 13.9 Å². The Kier molecular flexibility index (Phi) is 7.01. The molecule has 1 N–H and O–H groups in total. The normalized spacial score (nSPS) is 16.1. The van der Waals surface area contributed by atoms with Gasteiger partial charge >= 0.3 is 0 Å². The van der Waals surface area contributed by atoms with Crippen LogP contribution in [-0.4, -0.2) is 46.0 Å². The average molecular weight is 436 g/mol.